The zero-order valence-electron chi connectivity index (χ0n) is 9.45. The van der Waals surface area contributed by atoms with Crippen LogP contribution in [0.1, 0.15) is 5.69 Å². The topological polar surface area (TPSA) is 98.0 Å². The zero-order valence-corrected chi connectivity index (χ0v) is 10.3. The Hall–Kier alpha value is -1.99. The van der Waals surface area contributed by atoms with Crippen molar-refractivity contribution in [1.82, 2.24) is 9.97 Å². The second-order valence-electron chi connectivity index (χ2n) is 3.62. The van der Waals surface area contributed by atoms with Crippen molar-refractivity contribution in [3.8, 4) is 0 Å². The summed E-state index contributed by atoms with van der Waals surface area (Å²) in [4.78, 5) is 8.11. The van der Waals surface area contributed by atoms with Gasteiger partial charge in [-0.25, -0.2) is 13.6 Å². The van der Waals surface area contributed by atoms with E-state index >= 15 is 0 Å². The lowest BCUT2D eigenvalue weighted by Crippen LogP contribution is -2.12. The molecule has 0 saturated carbocycles. The molecule has 0 radical (unpaired) electrons. The molecular weight excluding hydrogens is 252 g/mol. The highest BCUT2D eigenvalue weighted by Gasteiger charge is 2.07. The SMILES string of the molecule is NS(=O)(=O)c1cccc(NCc2cnccn2)c1. The van der Waals surface area contributed by atoms with Crippen LogP contribution in [-0.2, 0) is 16.6 Å². The smallest absolute Gasteiger partial charge is 0.238 e. The number of nitrogens with zero attached hydrogens (tertiary/aromatic N) is 2. The maximum absolute atomic E-state index is 11.2. The lowest BCUT2D eigenvalue weighted by molar-refractivity contribution is 0.598. The lowest BCUT2D eigenvalue weighted by atomic mass is 10.3. The van der Waals surface area contributed by atoms with Gasteiger partial charge in [-0.1, -0.05) is 6.07 Å². The number of sulfonamides is 1. The molecule has 7 heteroatoms. The molecular formula is C11H12N4O2S. The van der Waals surface area contributed by atoms with E-state index in [2.05, 4.69) is 15.3 Å². The van der Waals surface area contributed by atoms with E-state index < -0.39 is 10.0 Å². The van der Waals surface area contributed by atoms with Crippen LogP contribution in [0.25, 0.3) is 0 Å². The van der Waals surface area contributed by atoms with Gasteiger partial charge in [0, 0.05) is 18.1 Å². The van der Waals surface area contributed by atoms with Crippen molar-refractivity contribution in [2.75, 3.05) is 5.32 Å². The molecule has 0 aliphatic carbocycles. The molecule has 0 aliphatic heterocycles. The number of aromatic nitrogens is 2. The van der Waals surface area contributed by atoms with E-state index in [1.54, 1.807) is 30.7 Å². The molecule has 0 unspecified atom stereocenters. The highest BCUT2D eigenvalue weighted by atomic mass is 32.2. The van der Waals surface area contributed by atoms with Crippen LogP contribution in [0, 0.1) is 0 Å². The Labute approximate surface area is 105 Å². The van der Waals surface area contributed by atoms with Crippen molar-refractivity contribution in [2.45, 2.75) is 11.4 Å². The summed E-state index contributed by atoms with van der Waals surface area (Å²) in [7, 11) is -3.68. The summed E-state index contributed by atoms with van der Waals surface area (Å²) < 4.78 is 22.4. The number of primary sulfonamides is 1. The molecule has 0 spiro atoms. The molecule has 18 heavy (non-hydrogen) atoms. The van der Waals surface area contributed by atoms with Crippen molar-refractivity contribution in [3.05, 3.63) is 48.5 Å². The van der Waals surface area contributed by atoms with Gasteiger partial charge in [0.15, 0.2) is 0 Å². The molecule has 1 aromatic heterocycles. The first kappa shape index (κ1) is 12.5. The fourth-order valence-corrected chi connectivity index (χ4v) is 1.96. The molecule has 0 fully saturated rings. The second kappa shape index (κ2) is 5.11. The molecule has 1 heterocycles. The van der Waals surface area contributed by atoms with E-state index in [-0.39, 0.29) is 4.90 Å². The maximum Gasteiger partial charge on any atom is 0.238 e. The van der Waals surface area contributed by atoms with Gasteiger partial charge in [0.05, 0.1) is 23.3 Å². The van der Waals surface area contributed by atoms with Gasteiger partial charge in [-0.2, -0.15) is 0 Å². The maximum atomic E-state index is 11.2. The number of hydrogen-bond acceptors (Lipinski definition) is 5. The number of nitrogens with one attached hydrogen (secondary N) is 1. The molecule has 1 aromatic carbocycles. The molecule has 2 rings (SSSR count). The zero-order chi connectivity index (χ0) is 13.0. The van der Waals surface area contributed by atoms with Crippen molar-refractivity contribution < 1.29 is 8.42 Å². The Bertz CT molecular complexity index is 629. The summed E-state index contributed by atoms with van der Waals surface area (Å²) in [5.74, 6) is 0. The molecule has 94 valence electrons. The first-order chi connectivity index (χ1) is 8.55. The summed E-state index contributed by atoms with van der Waals surface area (Å²) in [5, 5.41) is 8.11. The van der Waals surface area contributed by atoms with Gasteiger partial charge >= 0.3 is 0 Å². The third-order valence-corrected chi connectivity index (χ3v) is 3.16. The van der Waals surface area contributed by atoms with Crippen LogP contribution in [0.2, 0.25) is 0 Å². The summed E-state index contributed by atoms with van der Waals surface area (Å²) in [6, 6.07) is 6.30. The average molecular weight is 264 g/mol. The largest absolute Gasteiger partial charge is 0.379 e. The molecule has 0 aliphatic rings. The minimum absolute atomic E-state index is 0.0756. The van der Waals surface area contributed by atoms with Crippen LogP contribution in [0.3, 0.4) is 0 Å². The number of hydrogen-bond donors (Lipinski definition) is 2. The first-order valence-electron chi connectivity index (χ1n) is 5.17. The van der Waals surface area contributed by atoms with Gasteiger partial charge in [-0.05, 0) is 18.2 Å². The van der Waals surface area contributed by atoms with Crippen LogP contribution >= 0.6 is 0 Å². The van der Waals surface area contributed by atoms with E-state index in [0.717, 1.165) is 5.69 Å². The normalized spacial score (nSPS) is 11.2. The van der Waals surface area contributed by atoms with Crippen LogP contribution in [0.5, 0.6) is 0 Å². The molecule has 3 N–H and O–H groups in total. The van der Waals surface area contributed by atoms with Gasteiger partial charge in [0.1, 0.15) is 0 Å². The third kappa shape index (κ3) is 3.25. The van der Waals surface area contributed by atoms with Crippen LogP contribution in [0.4, 0.5) is 5.69 Å². The second-order valence-corrected chi connectivity index (χ2v) is 5.18. The number of rotatable bonds is 4. The predicted octanol–water partition coefficient (Wildman–Crippen LogP) is 0.736. The summed E-state index contributed by atoms with van der Waals surface area (Å²) in [5.41, 5.74) is 1.42. The van der Waals surface area contributed by atoms with Gasteiger partial charge in [-0.15, -0.1) is 0 Å². The van der Waals surface area contributed by atoms with E-state index in [4.69, 9.17) is 5.14 Å². The number of benzene rings is 1. The molecule has 6 nitrogen and oxygen atoms in total. The quantitative estimate of drug-likeness (QED) is 0.848. The van der Waals surface area contributed by atoms with Gasteiger partial charge in [-0.3, -0.25) is 9.97 Å². The number of anilines is 1. The Morgan fingerprint density at radius 1 is 1.28 bits per heavy atom. The van der Waals surface area contributed by atoms with Crippen molar-refractivity contribution in [3.63, 3.8) is 0 Å². The molecule has 0 bridgehead atoms. The molecule has 2 aromatic rings. The molecule has 0 atom stereocenters. The van der Waals surface area contributed by atoms with E-state index in [9.17, 15) is 8.42 Å². The predicted molar refractivity (Wildman–Crippen MR) is 67.2 cm³/mol. The van der Waals surface area contributed by atoms with Crippen molar-refractivity contribution >= 4 is 15.7 Å². The van der Waals surface area contributed by atoms with Gasteiger partial charge in [0.25, 0.3) is 0 Å². The molecule has 0 amide bonds. The molecule has 0 saturated heterocycles. The van der Waals surface area contributed by atoms with E-state index in [1.165, 1.54) is 12.1 Å². The minimum atomic E-state index is -3.68. The summed E-state index contributed by atoms with van der Waals surface area (Å²) in [6.07, 6.45) is 4.82. The highest BCUT2D eigenvalue weighted by molar-refractivity contribution is 7.89. The van der Waals surface area contributed by atoms with Crippen LogP contribution < -0.4 is 10.5 Å². The summed E-state index contributed by atoms with van der Waals surface area (Å²) >= 11 is 0. The van der Waals surface area contributed by atoms with E-state index in [0.29, 0.717) is 12.2 Å². The minimum Gasteiger partial charge on any atom is -0.379 e. The van der Waals surface area contributed by atoms with Crippen molar-refractivity contribution in [2.24, 2.45) is 5.14 Å². The summed E-state index contributed by atoms with van der Waals surface area (Å²) in [6.45, 7) is 0.460. The Morgan fingerprint density at radius 3 is 2.78 bits per heavy atom. The first-order valence-corrected chi connectivity index (χ1v) is 6.72. The van der Waals surface area contributed by atoms with Crippen LogP contribution in [-0.4, -0.2) is 18.4 Å². The van der Waals surface area contributed by atoms with Gasteiger partial charge < -0.3 is 5.32 Å². The Balaban J connectivity index is 2.11. The van der Waals surface area contributed by atoms with E-state index in [1.807, 2.05) is 0 Å². The van der Waals surface area contributed by atoms with Crippen LogP contribution in [0.15, 0.2) is 47.8 Å². The average Bonchev–Trinajstić information content (AvgIpc) is 2.37. The van der Waals surface area contributed by atoms with Gasteiger partial charge in [0.2, 0.25) is 10.0 Å². The standard InChI is InChI=1S/C11H12N4O2S/c12-18(16,17)11-3-1-2-9(6-11)15-8-10-7-13-4-5-14-10/h1-7,15H,8H2,(H2,12,16,17). The van der Waals surface area contributed by atoms with Crippen molar-refractivity contribution in [1.29, 1.82) is 0 Å². The highest BCUT2D eigenvalue weighted by Crippen LogP contribution is 2.14. The Morgan fingerprint density at radius 2 is 2.11 bits per heavy atom. The third-order valence-electron chi connectivity index (χ3n) is 2.25. The monoisotopic (exact) mass is 264 g/mol. The fourth-order valence-electron chi connectivity index (χ4n) is 1.40. The number of nitrogens with two attached hydrogens (primary N) is 1. The Kier molecular flexibility index (Phi) is 3.54. The fraction of sp³-hybridized carbons (Fsp3) is 0.0909. The lowest BCUT2D eigenvalue weighted by Gasteiger charge is -2.06.